The molecule has 1 aromatic heterocycles. The third-order valence-electron chi connectivity index (χ3n) is 7.87. The Morgan fingerprint density at radius 2 is 1.69 bits per heavy atom. The number of esters is 1. The Bertz CT molecular complexity index is 1200. The molecule has 42 heavy (non-hydrogen) atoms. The molecule has 0 spiro atoms. The minimum Gasteiger partial charge on any atom is -0.452 e. The number of rotatable bonds is 11. The third-order valence-corrected chi connectivity index (χ3v) is 7.87. The summed E-state index contributed by atoms with van der Waals surface area (Å²) in [7, 11) is 0. The molecule has 1 aromatic carbocycles. The van der Waals surface area contributed by atoms with Crippen molar-refractivity contribution in [1.82, 2.24) is 4.90 Å². The number of carbonyl (C=O) groups is 3. The van der Waals surface area contributed by atoms with Gasteiger partial charge in [0.1, 0.15) is 23.3 Å². The van der Waals surface area contributed by atoms with E-state index in [1.165, 1.54) is 6.42 Å². The van der Waals surface area contributed by atoms with Crippen molar-refractivity contribution in [2.75, 3.05) is 38.3 Å². The lowest BCUT2D eigenvalue weighted by Gasteiger charge is -2.34. The molecular weight excluding hydrogens is 540 g/mol. The molecule has 2 heterocycles. The van der Waals surface area contributed by atoms with Crippen LogP contribution in [0.4, 0.5) is 10.5 Å². The molecular formula is C32H46N2O8. The smallest absolute Gasteiger partial charge is 0.410 e. The topological polar surface area (TPSA) is 117 Å². The average molecular weight is 587 g/mol. The number of ether oxygens (including phenoxy) is 4. The molecule has 0 radical (unpaired) electrons. The van der Waals surface area contributed by atoms with Crippen molar-refractivity contribution < 1.29 is 37.7 Å². The van der Waals surface area contributed by atoms with Crippen LogP contribution in [0.1, 0.15) is 83.7 Å². The van der Waals surface area contributed by atoms with Crippen LogP contribution in [0, 0.1) is 11.8 Å². The number of nitrogens with zero attached hydrogens (tertiary/aromatic N) is 1. The first-order valence-corrected chi connectivity index (χ1v) is 15.3. The van der Waals surface area contributed by atoms with Crippen LogP contribution in [0.2, 0.25) is 0 Å². The maximum Gasteiger partial charge on any atom is 0.410 e. The number of carbonyl (C=O) groups excluding carboxylic acids is 3. The van der Waals surface area contributed by atoms with E-state index in [2.05, 4.69) is 5.32 Å². The standard InChI is InChI=1S/C32H46N2O8/c1-6-38-19-24(20-39-7-2)40-30(36)27-18-22-17-23(13-14-26(22)41-27)33-29(35)28-25(21-11-9-8-10-12-21)15-16-34(28)31(37)42-32(3,4)5/h13-14,17-18,21,24-25,28H,6-12,15-16,19-20H2,1-5H3,(H,33,35)/t25-,28-/m0/s1. The molecule has 1 aliphatic heterocycles. The fourth-order valence-electron chi connectivity index (χ4n) is 6.00. The second-order valence-electron chi connectivity index (χ2n) is 12.2. The lowest BCUT2D eigenvalue weighted by molar-refractivity contribution is -0.122. The number of anilines is 1. The first kappa shape index (κ1) is 31.8. The summed E-state index contributed by atoms with van der Waals surface area (Å²) in [4.78, 5) is 41.4. The molecule has 4 rings (SSSR count). The Balaban J connectivity index is 1.49. The SMILES string of the molecule is CCOCC(COCC)OC(=O)c1cc2cc(NC(=O)[C@@H]3[C@H](C4CCCCC4)CCN3C(=O)OC(C)(C)C)ccc2o1. The van der Waals surface area contributed by atoms with Gasteiger partial charge in [-0.1, -0.05) is 32.1 Å². The van der Waals surface area contributed by atoms with Crippen LogP contribution < -0.4 is 5.32 Å². The number of likely N-dealkylation sites (tertiary alicyclic amines) is 1. The Labute approximate surface area is 248 Å². The zero-order valence-corrected chi connectivity index (χ0v) is 25.6. The molecule has 2 atom stereocenters. The molecule has 1 saturated carbocycles. The van der Waals surface area contributed by atoms with Gasteiger partial charge in [-0.05, 0) is 77.1 Å². The lowest BCUT2D eigenvalue weighted by atomic mass is 9.76. The van der Waals surface area contributed by atoms with E-state index < -0.39 is 29.8 Å². The molecule has 0 unspecified atom stereocenters. The Kier molecular flexibility index (Phi) is 10.9. The van der Waals surface area contributed by atoms with E-state index in [1.54, 1.807) is 29.2 Å². The van der Waals surface area contributed by atoms with Gasteiger partial charge in [-0.25, -0.2) is 9.59 Å². The van der Waals surface area contributed by atoms with E-state index in [9.17, 15) is 14.4 Å². The molecule has 1 aliphatic carbocycles. The van der Waals surface area contributed by atoms with Gasteiger partial charge in [0.05, 0.1) is 13.2 Å². The van der Waals surface area contributed by atoms with Crippen molar-refractivity contribution in [3.05, 3.63) is 30.0 Å². The van der Waals surface area contributed by atoms with Crippen LogP contribution in [0.25, 0.3) is 11.0 Å². The van der Waals surface area contributed by atoms with Crippen LogP contribution in [0.5, 0.6) is 0 Å². The Morgan fingerprint density at radius 1 is 1.00 bits per heavy atom. The van der Waals surface area contributed by atoms with Crippen molar-refractivity contribution in [2.45, 2.75) is 90.9 Å². The van der Waals surface area contributed by atoms with Crippen molar-refractivity contribution in [1.29, 1.82) is 0 Å². The summed E-state index contributed by atoms with van der Waals surface area (Å²) in [5.74, 6) is -0.309. The monoisotopic (exact) mass is 586 g/mol. The van der Waals surface area contributed by atoms with E-state index in [0.29, 0.717) is 42.3 Å². The predicted octanol–water partition coefficient (Wildman–Crippen LogP) is 6.18. The van der Waals surface area contributed by atoms with E-state index in [4.69, 9.17) is 23.4 Å². The Morgan fingerprint density at radius 3 is 2.33 bits per heavy atom. The molecule has 0 bridgehead atoms. The molecule has 2 aromatic rings. The normalized spacial score (nSPS) is 19.8. The number of nitrogens with one attached hydrogen (secondary N) is 1. The van der Waals surface area contributed by atoms with Gasteiger partial charge in [0, 0.05) is 30.8 Å². The van der Waals surface area contributed by atoms with Gasteiger partial charge in [-0.15, -0.1) is 0 Å². The quantitative estimate of drug-likeness (QED) is 0.311. The van der Waals surface area contributed by atoms with Gasteiger partial charge >= 0.3 is 12.1 Å². The summed E-state index contributed by atoms with van der Waals surface area (Å²) in [6, 6.07) is 6.18. The van der Waals surface area contributed by atoms with E-state index in [1.807, 2.05) is 34.6 Å². The fourth-order valence-corrected chi connectivity index (χ4v) is 6.00. The first-order valence-electron chi connectivity index (χ1n) is 15.3. The molecule has 10 heteroatoms. The number of hydrogen-bond acceptors (Lipinski definition) is 8. The highest BCUT2D eigenvalue weighted by atomic mass is 16.6. The summed E-state index contributed by atoms with van der Waals surface area (Å²) in [5, 5.41) is 3.67. The molecule has 2 amide bonds. The summed E-state index contributed by atoms with van der Waals surface area (Å²) in [5.41, 5.74) is 0.387. The van der Waals surface area contributed by atoms with Crippen LogP contribution in [-0.2, 0) is 23.7 Å². The van der Waals surface area contributed by atoms with Crippen molar-refractivity contribution in [3.63, 3.8) is 0 Å². The average Bonchev–Trinajstić information content (AvgIpc) is 3.59. The first-order chi connectivity index (χ1) is 20.1. The van der Waals surface area contributed by atoms with E-state index >= 15 is 0 Å². The maximum absolute atomic E-state index is 13.8. The minimum absolute atomic E-state index is 0.0516. The molecule has 1 saturated heterocycles. The largest absolute Gasteiger partial charge is 0.452 e. The summed E-state index contributed by atoms with van der Waals surface area (Å²) < 4.78 is 27.8. The summed E-state index contributed by atoms with van der Waals surface area (Å²) in [6.45, 7) is 11.2. The van der Waals surface area contributed by atoms with Gasteiger partial charge in [0.15, 0.2) is 0 Å². The van der Waals surface area contributed by atoms with Gasteiger partial charge in [0.25, 0.3) is 0 Å². The second kappa shape index (κ2) is 14.4. The third kappa shape index (κ3) is 8.25. The van der Waals surface area contributed by atoms with E-state index in [-0.39, 0.29) is 30.8 Å². The molecule has 2 aliphatic rings. The van der Waals surface area contributed by atoms with Gasteiger partial charge in [-0.2, -0.15) is 0 Å². The highest BCUT2D eigenvalue weighted by Crippen LogP contribution is 2.40. The lowest BCUT2D eigenvalue weighted by Crippen LogP contribution is -2.49. The molecule has 232 valence electrons. The maximum atomic E-state index is 13.8. The van der Waals surface area contributed by atoms with E-state index in [0.717, 1.165) is 32.1 Å². The Hall–Kier alpha value is -3.11. The zero-order valence-electron chi connectivity index (χ0n) is 25.6. The van der Waals surface area contributed by atoms with Crippen LogP contribution in [0.3, 0.4) is 0 Å². The number of hydrogen-bond donors (Lipinski definition) is 1. The van der Waals surface area contributed by atoms with Crippen molar-refractivity contribution >= 4 is 34.6 Å². The minimum atomic E-state index is -0.654. The number of amides is 2. The highest BCUT2D eigenvalue weighted by molar-refractivity contribution is 5.99. The number of benzene rings is 1. The van der Waals surface area contributed by atoms with Crippen LogP contribution in [-0.4, -0.2) is 73.6 Å². The van der Waals surface area contributed by atoms with Crippen LogP contribution >= 0.6 is 0 Å². The summed E-state index contributed by atoms with van der Waals surface area (Å²) >= 11 is 0. The van der Waals surface area contributed by atoms with Gasteiger partial charge < -0.3 is 28.7 Å². The second-order valence-corrected chi connectivity index (χ2v) is 12.2. The van der Waals surface area contributed by atoms with Gasteiger partial charge in [0.2, 0.25) is 11.7 Å². The molecule has 10 nitrogen and oxygen atoms in total. The van der Waals surface area contributed by atoms with Crippen molar-refractivity contribution in [2.24, 2.45) is 11.8 Å². The zero-order chi connectivity index (χ0) is 30.3. The fraction of sp³-hybridized carbons (Fsp3) is 0.656. The number of fused-ring (bicyclic) bond motifs is 1. The van der Waals surface area contributed by atoms with Gasteiger partial charge in [-0.3, -0.25) is 9.69 Å². The molecule has 2 fully saturated rings. The highest BCUT2D eigenvalue weighted by Gasteiger charge is 2.46. The number of furan rings is 1. The predicted molar refractivity (Wildman–Crippen MR) is 158 cm³/mol. The van der Waals surface area contributed by atoms with Crippen molar-refractivity contribution in [3.8, 4) is 0 Å². The summed E-state index contributed by atoms with van der Waals surface area (Å²) in [6.07, 6.45) is 5.44. The van der Waals surface area contributed by atoms with Crippen LogP contribution in [0.15, 0.2) is 28.7 Å². The molecule has 1 N–H and O–H groups in total.